The summed E-state index contributed by atoms with van der Waals surface area (Å²) in [6, 6.07) is 15.8. The number of anilines is 2. The SMILES string of the molecule is CNc1ccc2oc3ccc(NCc4cccc(F)c4F)cc3c2c1. The number of hydrogen-bond donors (Lipinski definition) is 2. The zero-order valence-electron chi connectivity index (χ0n) is 13.6. The van der Waals surface area contributed by atoms with Crippen LogP contribution in [0.1, 0.15) is 5.56 Å². The van der Waals surface area contributed by atoms with Crippen LogP contribution in [0, 0.1) is 11.6 Å². The Hall–Kier alpha value is -3.08. The van der Waals surface area contributed by atoms with Crippen molar-refractivity contribution in [3.05, 3.63) is 71.8 Å². The Morgan fingerprint density at radius 1 is 0.880 bits per heavy atom. The highest BCUT2D eigenvalue weighted by molar-refractivity contribution is 6.07. The lowest BCUT2D eigenvalue weighted by molar-refractivity contribution is 0.500. The maximum Gasteiger partial charge on any atom is 0.163 e. The monoisotopic (exact) mass is 338 g/mol. The van der Waals surface area contributed by atoms with Crippen molar-refractivity contribution in [2.75, 3.05) is 17.7 Å². The Morgan fingerprint density at radius 2 is 1.56 bits per heavy atom. The number of halogens is 2. The fourth-order valence-corrected chi connectivity index (χ4v) is 2.93. The summed E-state index contributed by atoms with van der Waals surface area (Å²) in [7, 11) is 1.87. The van der Waals surface area contributed by atoms with Crippen LogP contribution in [0.2, 0.25) is 0 Å². The fourth-order valence-electron chi connectivity index (χ4n) is 2.93. The van der Waals surface area contributed by atoms with Crippen LogP contribution in [-0.4, -0.2) is 7.05 Å². The maximum atomic E-state index is 13.8. The van der Waals surface area contributed by atoms with Crippen LogP contribution >= 0.6 is 0 Å². The van der Waals surface area contributed by atoms with Crippen molar-refractivity contribution in [1.82, 2.24) is 0 Å². The van der Waals surface area contributed by atoms with E-state index in [9.17, 15) is 8.78 Å². The molecular weight excluding hydrogens is 322 g/mol. The molecule has 0 fully saturated rings. The van der Waals surface area contributed by atoms with Gasteiger partial charge in [-0.2, -0.15) is 0 Å². The maximum absolute atomic E-state index is 13.8. The lowest BCUT2D eigenvalue weighted by atomic mass is 10.1. The Labute approximate surface area is 143 Å². The zero-order valence-corrected chi connectivity index (χ0v) is 13.6. The van der Waals surface area contributed by atoms with Gasteiger partial charge in [-0.3, -0.25) is 0 Å². The summed E-state index contributed by atoms with van der Waals surface area (Å²) in [6.07, 6.45) is 0. The van der Waals surface area contributed by atoms with E-state index in [1.807, 2.05) is 43.4 Å². The molecule has 25 heavy (non-hydrogen) atoms. The second kappa shape index (κ2) is 6.09. The highest BCUT2D eigenvalue weighted by atomic mass is 19.2. The number of furan rings is 1. The molecule has 4 rings (SSSR count). The van der Waals surface area contributed by atoms with Crippen molar-refractivity contribution in [2.24, 2.45) is 0 Å². The normalized spacial score (nSPS) is 11.2. The average Bonchev–Trinajstić information content (AvgIpc) is 3.00. The van der Waals surface area contributed by atoms with Crippen LogP contribution in [0.3, 0.4) is 0 Å². The van der Waals surface area contributed by atoms with Crippen LogP contribution in [0.5, 0.6) is 0 Å². The lowest BCUT2D eigenvalue weighted by Crippen LogP contribution is -2.03. The number of nitrogens with one attached hydrogen (secondary N) is 2. The third kappa shape index (κ3) is 2.78. The molecule has 3 nitrogen and oxygen atoms in total. The van der Waals surface area contributed by atoms with Crippen molar-refractivity contribution in [1.29, 1.82) is 0 Å². The molecule has 0 unspecified atom stereocenters. The Morgan fingerprint density at radius 3 is 2.28 bits per heavy atom. The largest absolute Gasteiger partial charge is 0.456 e. The van der Waals surface area contributed by atoms with E-state index in [-0.39, 0.29) is 12.1 Å². The van der Waals surface area contributed by atoms with Crippen molar-refractivity contribution in [2.45, 2.75) is 6.54 Å². The topological polar surface area (TPSA) is 37.2 Å². The lowest BCUT2D eigenvalue weighted by Gasteiger charge is -2.08. The Balaban J connectivity index is 1.68. The van der Waals surface area contributed by atoms with Gasteiger partial charge in [0.25, 0.3) is 0 Å². The molecule has 0 aliphatic rings. The van der Waals surface area contributed by atoms with E-state index in [1.54, 1.807) is 6.07 Å². The van der Waals surface area contributed by atoms with Gasteiger partial charge in [-0.25, -0.2) is 8.78 Å². The second-order valence-corrected chi connectivity index (χ2v) is 5.84. The summed E-state index contributed by atoms with van der Waals surface area (Å²) in [5, 5.41) is 8.22. The first kappa shape index (κ1) is 15.4. The summed E-state index contributed by atoms with van der Waals surface area (Å²) in [4.78, 5) is 0. The van der Waals surface area contributed by atoms with Gasteiger partial charge in [0.15, 0.2) is 11.6 Å². The van der Waals surface area contributed by atoms with Gasteiger partial charge >= 0.3 is 0 Å². The molecule has 2 N–H and O–H groups in total. The van der Waals surface area contributed by atoms with Crippen molar-refractivity contribution in [3.8, 4) is 0 Å². The van der Waals surface area contributed by atoms with Gasteiger partial charge in [-0.1, -0.05) is 12.1 Å². The first-order valence-corrected chi connectivity index (χ1v) is 7.96. The van der Waals surface area contributed by atoms with Crippen molar-refractivity contribution >= 4 is 33.3 Å². The van der Waals surface area contributed by atoms with E-state index in [4.69, 9.17) is 4.42 Å². The molecule has 126 valence electrons. The van der Waals surface area contributed by atoms with E-state index in [0.717, 1.165) is 39.4 Å². The highest BCUT2D eigenvalue weighted by Gasteiger charge is 2.10. The van der Waals surface area contributed by atoms with Crippen LogP contribution in [0.25, 0.3) is 21.9 Å². The van der Waals surface area contributed by atoms with Gasteiger partial charge in [0.05, 0.1) is 0 Å². The van der Waals surface area contributed by atoms with E-state index >= 15 is 0 Å². The predicted octanol–water partition coefficient (Wildman–Crippen LogP) is 5.52. The molecule has 1 aromatic heterocycles. The molecule has 0 bridgehead atoms. The molecule has 0 spiro atoms. The molecule has 0 atom stereocenters. The molecule has 3 aromatic carbocycles. The Bertz CT molecular complexity index is 1070. The van der Waals surface area contributed by atoms with Crippen LogP contribution in [0.4, 0.5) is 20.2 Å². The molecule has 5 heteroatoms. The number of fused-ring (bicyclic) bond motifs is 3. The van der Waals surface area contributed by atoms with Gasteiger partial charge in [-0.05, 0) is 42.5 Å². The zero-order chi connectivity index (χ0) is 17.4. The smallest absolute Gasteiger partial charge is 0.163 e. The van der Waals surface area contributed by atoms with Crippen molar-refractivity contribution in [3.63, 3.8) is 0 Å². The third-order valence-electron chi connectivity index (χ3n) is 4.27. The molecule has 0 amide bonds. The molecule has 0 aliphatic heterocycles. The molecule has 0 saturated carbocycles. The summed E-state index contributed by atoms with van der Waals surface area (Å²) in [6.45, 7) is 0.201. The van der Waals surface area contributed by atoms with Crippen LogP contribution in [0.15, 0.2) is 59.0 Å². The minimum atomic E-state index is -0.838. The van der Waals surface area contributed by atoms with E-state index in [1.165, 1.54) is 6.07 Å². The van der Waals surface area contributed by atoms with E-state index < -0.39 is 11.6 Å². The summed E-state index contributed by atoms with van der Waals surface area (Å²) >= 11 is 0. The summed E-state index contributed by atoms with van der Waals surface area (Å²) < 4.78 is 32.9. The molecule has 0 saturated heterocycles. The molecule has 4 aromatic rings. The molecule has 0 aliphatic carbocycles. The van der Waals surface area contributed by atoms with Gasteiger partial charge in [0, 0.05) is 41.3 Å². The second-order valence-electron chi connectivity index (χ2n) is 5.84. The summed E-state index contributed by atoms with van der Waals surface area (Å²) in [5.41, 5.74) is 3.69. The number of rotatable bonds is 4. The third-order valence-corrected chi connectivity index (χ3v) is 4.27. The number of benzene rings is 3. The van der Waals surface area contributed by atoms with Crippen LogP contribution in [-0.2, 0) is 6.54 Å². The van der Waals surface area contributed by atoms with E-state index in [0.29, 0.717) is 0 Å². The predicted molar refractivity (Wildman–Crippen MR) is 97.0 cm³/mol. The average molecular weight is 338 g/mol. The highest BCUT2D eigenvalue weighted by Crippen LogP contribution is 2.32. The van der Waals surface area contributed by atoms with Crippen molar-refractivity contribution < 1.29 is 13.2 Å². The standard InChI is InChI=1S/C20H16F2N2O/c1-23-13-5-7-18-15(9-13)16-10-14(6-8-19(16)25-18)24-11-12-3-2-4-17(21)20(12)22/h2-10,23-24H,11H2,1H3. The van der Waals surface area contributed by atoms with Gasteiger partial charge in [-0.15, -0.1) is 0 Å². The first-order valence-electron chi connectivity index (χ1n) is 7.96. The molecular formula is C20H16F2N2O. The van der Waals surface area contributed by atoms with E-state index in [2.05, 4.69) is 10.6 Å². The van der Waals surface area contributed by atoms with Gasteiger partial charge < -0.3 is 15.1 Å². The van der Waals surface area contributed by atoms with Gasteiger partial charge in [0.2, 0.25) is 0 Å². The first-order chi connectivity index (χ1) is 12.2. The minimum absolute atomic E-state index is 0.201. The molecule has 0 radical (unpaired) electrons. The van der Waals surface area contributed by atoms with Crippen LogP contribution < -0.4 is 10.6 Å². The quantitative estimate of drug-likeness (QED) is 0.514. The fraction of sp³-hybridized carbons (Fsp3) is 0.100. The summed E-state index contributed by atoms with van der Waals surface area (Å²) in [5.74, 6) is -1.65. The minimum Gasteiger partial charge on any atom is -0.456 e. The molecule has 1 heterocycles. The van der Waals surface area contributed by atoms with Gasteiger partial charge in [0.1, 0.15) is 11.2 Å². The Kier molecular flexibility index (Phi) is 3.76. The number of hydrogen-bond acceptors (Lipinski definition) is 3.